The average molecular weight is 191 g/mol. The number of hydrogen-bond acceptors (Lipinski definition) is 2. The normalized spacial score (nSPS) is 9.92. The Morgan fingerprint density at radius 2 is 2.08 bits per heavy atom. The lowest BCUT2D eigenvalue weighted by Crippen LogP contribution is -1.83. The molecule has 0 saturated heterocycles. The molecule has 0 fully saturated rings. The Labute approximate surface area is 81.2 Å². The molecule has 0 saturated carbocycles. The van der Waals surface area contributed by atoms with Crippen LogP contribution in [0.3, 0.4) is 0 Å². The second-order valence-corrected chi connectivity index (χ2v) is 3.04. The summed E-state index contributed by atoms with van der Waals surface area (Å²) in [5.74, 6) is 0. The zero-order valence-electron chi connectivity index (χ0n) is 6.81. The first-order valence-corrected chi connectivity index (χ1v) is 4.26. The van der Waals surface area contributed by atoms with E-state index in [2.05, 4.69) is 9.97 Å². The maximum absolute atomic E-state index is 5.85. The molecule has 1 heterocycles. The van der Waals surface area contributed by atoms with Crippen LogP contribution in [0.4, 0.5) is 0 Å². The van der Waals surface area contributed by atoms with Crippen LogP contribution in [0.15, 0.2) is 42.9 Å². The third kappa shape index (κ3) is 1.84. The number of rotatable bonds is 1. The summed E-state index contributed by atoms with van der Waals surface area (Å²) in [6, 6.07) is 7.55. The minimum atomic E-state index is 0.711. The number of halogens is 1. The fourth-order valence-corrected chi connectivity index (χ4v) is 1.29. The van der Waals surface area contributed by atoms with Crippen LogP contribution in [0.5, 0.6) is 0 Å². The number of benzene rings is 1. The van der Waals surface area contributed by atoms with Crippen LogP contribution in [0.1, 0.15) is 0 Å². The highest BCUT2D eigenvalue weighted by Crippen LogP contribution is 2.19. The van der Waals surface area contributed by atoms with E-state index in [1.165, 1.54) is 0 Å². The topological polar surface area (TPSA) is 25.8 Å². The minimum absolute atomic E-state index is 0.711. The largest absolute Gasteiger partial charge is 0.261 e. The highest BCUT2D eigenvalue weighted by Gasteiger charge is 1.97. The van der Waals surface area contributed by atoms with Crippen molar-refractivity contribution in [2.24, 2.45) is 0 Å². The van der Waals surface area contributed by atoms with Crippen LogP contribution in [-0.2, 0) is 0 Å². The molecular weight excluding hydrogens is 184 g/mol. The van der Waals surface area contributed by atoms with Crippen LogP contribution < -0.4 is 0 Å². The SMILES string of the molecule is Clc1cccc(-c2cnccn2)c1. The first-order chi connectivity index (χ1) is 6.36. The van der Waals surface area contributed by atoms with Gasteiger partial charge in [-0.1, -0.05) is 23.7 Å². The Balaban J connectivity index is 2.48. The van der Waals surface area contributed by atoms with Gasteiger partial charge in [-0.2, -0.15) is 0 Å². The van der Waals surface area contributed by atoms with Crippen molar-refractivity contribution in [3.63, 3.8) is 0 Å². The molecule has 0 aliphatic heterocycles. The monoisotopic (exact) mass is 190 g/mol. The van der Waals surface area contributed by atoms with Crippen molar-refractivity contribution in [3.05, 3.63) is 47.9 Å². The fourth-order valence-electron chi connectivity index (χ4n) is 1.10. The third-order valence-electron chi connectivity index (χ3n) is 1.68. The molecule has 0 radical (unpaired) electrons. The molecule has 0 spiro atoms. The lowest BCUT2D eigenvalue weighted by atomic mass is 10.2. The summed E-state index contributed by atoms with van der Waals surface area (Å²) in [6.45, 7) is 0. The summed E-state index contributed by atoms with van der Waals surface area (Å²) in [4.78, 5) is 8.15. The van der Waals surface area contributed by atoms with E-state index in [0.717, 1.165) is 11.3 Å². The van der Waals surface area contributed by atoms with E-state index in [4.69, 9.17) is 11.6 Å². The highest BCUT2D eigenvalue weighted by atomic mass is 35.5. The molecule has 1 aromatic heterocycles. The van der Waals surface area contributed by atoms with Gasteiger partial charge in [-0.25, -0.2) is 0 Å². The molecule has 2 rings (SSSR count). The predicted molar refractivity (Wildman–Crippen MR) is 52.5 cm³/mol. The van der Waals surface area contributed by atoms with Crippen molar-refractivity contribution in [1.29, 1.82) is 0 Å². The highest BCUT2D eigenvalue weighted by molar-refractivity contribution is 6.30. The summed E-state index contributed by atoms with van der Waals surface area (Å²) in [5, 5.41) is 0.711. The molecule has 13 heavy (non-hydrogen) atoms. The minimum Gasteiger partial charge on any atom is -0.261 e. The maximum atomic E-state index is 5.85. The summed E-state index contributed by atoms with van der Waals surface area (Å²) in [5.41, 5.74) is 1.82. The predicted octanol–water partition coefficient (Wildman–Crippen LogP) is 2.80. The van der Waals surface area contributed by atoms with Crippen molar-refractivity contribution < 1.29 is 0 Å². The molecule has 1 aromatic carbocycles. The Morgan fingerprint density at radius 1 is 1.15 bits per heavy atom. The first-order valence-electron chi connectivity index (χ1n) is 3.88. The van der Waals surface area contributed by atoms with Gasteiger partial charge in [-0.3, -0.25) is 9.97 Å². The van der Waals surface area contributed by atoms with Gasteiger partial charge < -0.3 is 0 Å². The second-order valence-electron chi connectivity index (χ2n) is 2.60. The van der Waals surface area contributed by atoms with E-state index in [1.807, 2.05) is 24.3 Å². The molecular formula is C10H7ClN2. The van der Waals surface area contributed by atoms with E-state index in [-0.39, 0.29) is 0 Å². The summed E-state index contributed by atoms with van der Waals surface area (Å²) >= 11 is 5.85. The van der Waals surface area contributed by atoms with Crippen LogP contribution in [-0.4, -0.2) is 9.97 Å². The van der Waals surface area contributed by atoms with E-state index < -0.39 is 0 Å². The van der Waals surface area contributed by atoms with Gasteiger partial charge in [0.1, 0.15) is 0 Å². The molecule has 0 aliphatic rings. The zero-order valence-corrected chi connectivity index (χ0v) is 7.57. The molecule has 0 N–H and O–H groups in total. The van der Waals surface area contributed by atoms with Gasteiger partial charge in [0.05, 0.1) is 11.9 Å². The van der Waals surface area contributed by atoms with Crippen molar-refractivity contribution in [3.8, 4) is 11.3 Å². The summed E-state index contributed by atoms with van der Waals surface area (Å²) < 4.78 is 0. The average Bonchev–Trinajstić information content (AvgIpc) is 2.19. The number of aromatic nitrogens is 2. The van der Waals surface area contributed by atoms with E-state index in [1.54, 1.807) is 18.6 Å². The van der Waals surface area contributed by atoms with Gasteiger partial charge in [0.25, 0.3) is 0 Å². The van der Waals surface area contributed by atoms with Crippen molar-refractivity contribution in [2.75, 3.05) is 0 Å². The molecule has 64 valence electrons. The Kier molecular flexibility index (Phi) is 2.23. The first kappa shape index (κ1) is 8.20. The maximum Gasteiger partial charge on any atom is 0.0885 e. The molecule has 0 amide bonds. The van der Waals surface area contributed by atoms with E-state index in [9.17, 15) is 0 Å². The van der Waals surface area contributed by atoms with Gasteiger partial charge in [-0.05, 0) is 12.1 Å². The van der Waals surface area contributed by atoms with Gasteiger partial charge in [-0.15, -0.1) is 0 Å². The van der Waals surface area contributed by atoms with Gasteiger partial charge in [0, 0.05) is 23.0 Å². The fraction of sp³-hybridized carbons (Fsp3) is 0. The van der Waals surface area contributed by atoms with Crippen LogP contribution >= 0.6 is 11.6 Å². The van der Waals surface area contributed by atoms with E-state index in [0.29, 0.717) is 5.02 Å². The summed E-state index contributed by atoms with van der Waals surface area (Å²) in [7, 11) is 0. The van der Waals surface area contributed by atoms with Gasteiger partial charge in [0.15, 0.2) is 0 Å². The molecule has 2 nitrogen and oxygen atoms in total. The smallest absolute Gasteiger partial charge is 0.0885 e. The molecule has 3 heteroatoms. The summed E-state index contributed by atoms with van der Waals surface area (Å²) in [6.07, 6.45) is 5.02. The molecule has 2 aromatic rings. The van der Waals surface area contributed by atoms with Crippen molar-refractivity contribution >= 4 is 11.6 Å². The Morgan fingerprint density at radius 3 is 2.77 bits per heavy atom. The quantitative estimate of drug-likeness (QED) is 0.691. The molecule has 0 unspecified atom stereocenters. The number of nitrogens with zero attached hydrogens (tertiary/aromatic N) is 2. The van der Waals surface area contributed by atoms with Gasteiger partial charge in [0.2, 0.25) is 0 Å². The van der Waals surface area contributed by atoms with Crippen LogP contribution in [0, 0.1) is 0 Å². The van der Waals surface area contributed by atoms with Crippen molar-refractivity contribution in [2.45, 2.75) is 0 Å². The van der Waals surface area contributed by atoms with Crippen LogP contribution in [0.25, 0.3) is 11.3 Å². The lowest BCUT2D eigenvalue weighted by molar-refractivity contribution is 1.21. The standard InChI is InChI=1S/C10H7ClN2/c11-9-3-1-2-8(6-9)10-7-12-4-5-13-10/h1-7H. The van der Waals surface area contributed by atoms with Crippen molar-refractivity contribution in [1.82, 2.24) is 9.97 Å². The third-order valence-corrected chi connectivity index (χ3v) is 1.92. The second kappa shape index (κ2) is 3.54. The van der Waals surface area contributed by atoms with Gasteiger partial charge >= 0.3 is 0 Å². The lowest BCUT2D eigenvalue weighted by Gasteiger charge is -1.98. The Hall–Kier alpha value is -1.41. The van der Waals surface area contributed by atoms with E-state index >= 15 is 0 Å². The molecule has 0 bridgehead atoms. The zero-order chi connectivity index (χ0) is 9.10. The molecule has 0 atom stereocenters. The number of hydrogen-bond donors (Lipinski definition) is 0. The van der Waals surface area contributed by atoms with Crippen LogP contribution in [0.2, 0.25) is 5.02 Å². The Bertz CT molecular complexity index is 401. The molecule has 0 aliphatic carbocycles.